The molecule has 0 aliphatic carbocycles. The van der Waals surface area contributed by atoms with Gasteiger partial charge < -0.3 is 15.1 Å². The molecular weight excluding hydrogens is 272 g/mol. The van der Waals surface area contributed by atoms with Crippen molar-refractivity contribution < 1.29 is 14.4 Å². The van der Waals surface area contributed by atoms with Crippen LogP contribution >= 0.6 is 0 Å². The normalized spacial score (nSPS) is 23.0. The number of piperazine rings is 1. The summed E-state index contributed by atoms with van der Waals surface area (Å²) in [5.74, 6) is 0.324. The van der Waals surface area contributed by atoms with Crippen LogP contribution in [0.25, 0.3) is 0 Å². The number of carbonyl (C=O) groups excluding carboxylic acids is 2. The molecular formula is C14H24N4O3. The quantitative estimate of drug-likeness (QED) is 0.771. The molecule has 1 fully saturated rings. The van der Waals surface area contributed by atoms with Crippen LogP contribution in [-0.2, 0) is 14.4 Å². The fourth-order valence-electron chi connectivity index (χ4n) is 2.48. The Morgan fingerprint density at radius 1 is 1.33 bits per heavy atom. The molecule has 118 valence electrons. The van der Waals surface area contributed by atoms with Gasteiger partial charge in [0.25, 0.3) is 5.91 Å². The molecule has 7 nitrogen and oxygen atoms in total. The van der Waals surface area contributed by atoms with Crippen molar-refractivity contribution in [3.05, 3.63) is 0 Å². The Hall–Kier alpha value is -1.63. The second kappa shape index (κ2) is 6.89. The lowest BCUT2D eigenvalue weighted by Crippen LogP contribution is -2.53. The van der Waals surface area contributed by atoms with Crippen LogP contribution in [0, 0.1) is 5.92 Å². The van der Waals surface area contributed by atoms with Gasteiger partial charge >= 0.3 is 0 Å². The minimum atomic E-state index is -0.465. The molecule has 0 aromatic carbocycles. The van der Waals surface area contributed by atoms with Crippen LogP contribution in [0.2, 0.25) is 0 Å². The molecule has 1 N–H and O–H groups in total. The number of amides is 2. The molecule has 2 aliphatic rings. The summed E-state index contributed by atoms with van der Waals surface area (Å²) in [7, 11) is 1.63. The minimum absolute atomic E-state index is 0.00359. The van der Waals surface area contributed by atoms with Gasteiger partial charge in [-0.05, 0) is 5.92 Å². The second-order valence-corrected chi connectivity index (χ2v) is 5.81. The van der Waals surface area contributed by atoms with Gasteiger partial charge in [0.1, 0.15) is 0 Å². The molecule has 2 amide bonds. The molecule has 21 heavy (non-hydrogen) atoms. The zero-order valence-corrected chi connectivity index (χ0v) is 13.0. The average molecular weight is 296 g/mol. The van der Waals surface area contributed by atoms with E-state index in [2.05, 4.69) is 10.5 Å². The predicted molar refractivity (Wildman–Crippen MR) is 78.8 cm³/mol. The number of oxime groups is 1. The van der Waals surface area contributed by atoms with Crippen molar-refractivity contribution in [2.75, 3.05) is 39.8 Å². The lowest BCUT2D eigenvalue weighted by atomic mass is 10.0. The van der Waals surface area contributed by atoms with Gasteiger partial charge in [0, 0.05) is 39.6 Å². The number of likely N-dealkylation sites (N-methyl/N-ethyl adjacent to an activating group) is 1. The lowest BCUT2D eigenvalue weighted by Gasteiger charge is -2.34. The van der Waals surface area contributed by atoms with E-state index in [0.717, 1.165) is 5.71 Å². The summed E-state index contributed by atoms with van der Waals surface area (Å²) in [5, 5.41) is 6.61. The summed E-state index contributed by atoms with van der Waals surface area (Å²) in [6.07, 6.45) is 0.127. The smallest absolute Gasteiger partial charge is 0.266 e. The van der Waals surface area contributed by atoms with Crippen molar-refractivity contribution in [1.29, 1.82) is 0 Å². The van der Waals surface area contributed by atoms with Gasteiger partial charge in [-0.25, -0.2) is 0 Å². The Morgan fingerprint density at radius 2 is 2.00 bits per heavy atom. The first-order valence-corrected chi connectivity index (χ1v) is 7.45. The van der Waals surface area contributed by atoms with Crippen molar-refractivity contribution in [2.24, 2.45) is 11.1 Å². The molecule has 0 bridgehead atoms. The topological polar surface area (TPSA) is 74.2 Å². The number of nitrogens with one attached hydrogen (secondary N) is 1. The number of hydrogen-bond acceptors (Lipinski definition) is 5. The third-order valence-electron chi connectivity index (χ3n) is 3.96. The fourth-order valence-corrected chi connectivity index (χ4v) is 2.48. The van der Waals surface area contributed by atoms with E-state index in [4.69, 9.17) is 4.84 Å². The molecule has 2 aliphatic heterocycles. The number of rotatable bonds is 4. The molecule has 0 radical (unpaired) electrons. The van der Waals surface area contributed by atoms with Gasteiger partial charge in [-0.1, -0.05) is 19.0 Å². The molecule has 1 saturated heterocycles. The summed E-state index contributed by atoms with van der Waals surface area (Å²) in [6, 6.07) is 0. The van der Waals surface area contributed by atoms with Gasteiger partial charge in [0.05, 0.1) is 12.3 Å². The summed E-state index contributed by atoms with van der Waals surface area (Å²) >= 11 is 0. The molecule has 2 heterocycles. The van der Waals surface area contributed by atoms with Crippen molar-refractivity contribution in [3.63, 3.8) is 0 Å². The number of hydrogen-bond donors (Lipinski definition) is 1. The van der Waals surface area contributed by atoms with Crippen LogP contribution in [0.5, 0.6) is 0 Å². The first-order chi connectivity index (χ1) is 10.0. The lowest BCUT2D eigenvalue weighted by molar-refractivity contribution is -0.144. The molecule has 0 spiro atoms. The summed E-state index contributed by atoms with van der Waals surface area (Å²) in [4.78, 5) is 32.8. The van der Waals surface area contributed by atoms with E-state index in [9.17, 15) is 9.59 Å². The maximum Gasteiger partial charge on any atom is 0.266 e. The second-order valence-electron chi connectivity index (χ2n) is 5.81. The van der Waals surface area contributed by atoms with Gasteiger partial charge in [0.15, 0.2) is 0 Å². The highest BCUT2D eigenvalue weighted by atomic mass is 16.6. The predicted octanol–water partition coefficient (Wildman–Crippen LogP) is -0.322. The molecule has 1 unspecified atom stereocenters. The summed E-state index contributed by atoms with van der Waals surface area (Å²) in [6.45, 7) is 7.17. The Bertz CT molecular complexity index is 428. The molecule has 0 aromatic heterocycles. The van der Waals surface area contributed by atoms with E-state index >= 15 is 0 Å². The third-order valence-corrected chi connectivity index (χ3v) is 3.96. The highest BCUT2D eigenvalue weighted by Crippen LogP contribution is 2.18. The van der Waals surface area contributed by atoms with Crippen molar-refractivity contribution in [1.82, 2.24) is 15.1 Å². The average Bonchev–Trinajstić information content (AvgIpc) is 2.97. The zero-order chi connectivity index (χ0) is 15.4. The fraction of sp³-hybridized carbons (Fsp3) is 0.786. The van der Waals surface area contributed by atoms with E-state index in [0.29, 0.717) is 45.1 Å². The summed E-state index contributed by atoms with van der Waals surface area (Å²) in [5.41, 5.74) is 0.951. The van der Waals surface area contributed by atoms with Crippen molar-refractivity contribution in [3.8, 4) is 0 Å². The van der Waals surface area contributed by atoms with Crippen LogP contribution in [0.3, 0.4) is 0 Å². The van der Waals surface area contributed by atoms with Gasteiger partial charge in [-0.15, -0.1) is 0 Å². The highest BCUT2D eigenvalue weighted by molar-refractivity contribution is 5.93. The molecule has 2 rings (SSSR count). The minimum Gasteiger partial charge on any atom is -0.382 e. The maximum absolute atomic E-state index is 12.4. The van der Waals surface area contributed by atoms with Crippen molar-refractivity contribution in [2.45, 2.75) is 26.4 Å². The van der Waals surface area contributed by atoms with E-state index in [1.807, 2.05) is 23.6 Å². The van der Waals surface area contributed by atoms with E-state index < -0.39 is 6.10 Å². The SMILES string of the molecule is CNC(=O)CN1CCN(C(=O)C2CC(C(C)C)=NO2)CC1. The van der Waals surface area contributed by atoms with E-state index in [1.54, 1.807) is 7.05 Å². The maximum atomic E-state index is 12.4. The third kappa shape index (κ3) is 3.93. The van der Waals surface area contributed by atoms with Crippen LogP contribution in [0.4, 0.5) is 0 Å². The number of nitrogens with zero attached hydrogens (tertiary/aromatic N) is 3. The molecule has 0 aromatic rings. The van der Waals surface area contributed by atoms with Gasteiger partial charge in [0.2, 0.25) is 12.0 Å². The van der Waals surface area contributed by atoms with Crippen LogP contribution in [0.1, 0.15) is 20.3 Å². The zero-order valence-electron chi connectivity index (χ0n) is 13.0. The van der Waals surface area contributed by atoms with Crippen LogP contribution in [-0.4, -0.2) is 73.2 Å². The molecule has 0 saturated carbocycles. The Morgan fingerprint density at radius 3 is 2.52 bits per heavy atom. The van der Waals surface area contributed by atoms with Crippen LogP contribution in [0.15, 0.2) is 5.16 Å². The Balaban J connectivity index is 1.78. The van der Waals surface area contributed by atoms with Gasteiger partial charge in [-0.2, -0.15) is 0 Å². The molecule has 7 heteroatoms. The summed E-state index contributed by atoms with van der Waals surface area (Å²) < 4.78 is 0. The Kier molecular flexibility index (Phi) is 5.17. The Labute approximate surface area is 125 Å². The largest absolute Gasteiger partial charge is 0.382 e. The standard InChI is InChI=1S/C14H24N4O3/c1-10(2)11-8-12(21-16-11)14(20)18-6-4-17(5-7-18)9-13(19)15-3/h10,12H,4-9H2,1-3H3,(H,15,19). The number of carbonyl (C=O) groups is 2. The van der Waals surface area contributed by atoms with Crippen LogP contribution < -0.4 is 5.32 Å². The van der Waals surface area contributed by atoms with E-state index in [1.165, 1.54) is 0 Å². The van der Waals surface area contributed by atoms with Crippen molar-refractivity contribution >= 4 is 17.5 Å². The van der Waals surface area contributed by atoms with Gasteiger partial charge in [-0.3, -0.25) is 14.5 Å². The van der Waals surface area contributed by atoms with E-state index in [-0.39, 0.29) is 11.8 Å². The highest BCUT2D eigenvalue weighted by Gasteiger charge is 2.34. The first kappa shape index (κ1) is 15.8. The molecule has 1 atom stereocenters. The monoisotopic (exact) mass is 296 g/mol. The first-order valence-electron chi connectivity index (χ1n) is 7.45.